The van der Waals surface area contributed by atoms with Crippen molar-refractivity contribution in [3.05, 3.63) is 34.9 Å². The molecule has 0 saturated heterocycles. The van der Waals surface area contributed by atoms with Crippen LogP contribution in [0.5, 0.6) is 0 Å². The molecule has 3 heteroatoms. The second-order valence-electron chi connectivity index (χ2n) is 5.94. The molecule has 2 nitrogen and oxygen atoms in total. The summed E-state index contributed by atoms with van der Waals surface area (Å²) in [4.78, 5) is 0. The van der Waals surface area contributed by atoms with Crippen LogP contribution < -0.4 is 10.6 Å². The molecular weight excluding hydrogens is 256 g/mol. The average Bonchev–Trinajstić information content (AvgIpc) is 3.24. The number of nitrogens with one attached hydrogen (secondary N) is 2. The third-order valence-electron chi connectivity index (χ3n) is 4.72. The molecule has 2 saturated carbocycles. The van der Waals surface area contributed by atoms with Gasteiger partial charge in [-0.25, -0.2) is 0 Å². The molecule has 2 aliphatic rings. The zero-order valence-electron chi connectivity index (χ0n) is 11.6. The fraction of sp³-hybridized carbons (Fsp3) is 0.625. The molecule has 1 aromatic rings. The molecule has 19 heavy (non-hydrogen) atoms. The van der Waals surface area contributed by atoms with E-state index in [1.807, 2.05) is 12.1 Å². The van der Waals surface area contributed by atoms with E-state index in [1.165, 1.54) is 37.7 Å². The predicted molar refractivity (Wildman–Crippen MR) is 80.6 cm³/mol. The van der Waals surface area contributed by atoms with Crippen LogP contribution in [-0.4, -0.2) is 19.1 Å². The molecule has 0 amide bonds. The van der Waals surface area contributed by atoms with E-state index in [4.69, 9.17) is 11.6 Å². The van der Waals surface area contributed by atoms with E-state index in [1.54, 1.807) is 0 Å². The van der Waals surface area contributed by atoms with Crippen LogP contribution in [0, 0.1) is 0 Å². The van der Waals surface area contributed by atoms with Gasteiger partial charge < -0.3 is 10.6 Å². The zero-order valence-corrected chi connectivity index (χ0v) is 12.3. The van der Waals surface area contributed by atoms with Crippen molar-refractivity contribution in [3.63, 3.8) is 0 Å². The van der Waals surface area contributed by atoms with E-state index in [0.717, 1.165) is 17.5 Å². The maximum atomic E-state index is 6.48. The number of hydrogen-bond donors (Lipinski definition) is 2. The van der Waals surface area contributed by atoms with Gasteiger partial charge in [0.15, 0.2) is 0 Å². The maximum Gasteiger partial charge on any atom is 0.0602 e. The Labute approximate surface area is 120 Å². The highest BCUT2D eigenvalue weighted by Gasteiger charge is 2.43. The van der Waals surface area contributed by atoms with Crippen molar-refractivity contribution in [2.45, 2.75) is 56.1 Å². The molecule has 104 valence electrons. The minimum atomic E-state index is -0.000810. The Morgan fingerprint density at radius 3 is 2.63 bits per heavy atom. The Hall–Kier alpha value is -0.570. The van der Waals surface area contributed by atoms with Crippen molar-refractivity contribution in [3.8, 4) is 0 Å². The van der Waals surface area contributed by atoms with Crippen LogP contribution >= 0.6 is 11.6 Å². The Morgan fingerprint density at radius 1 is 1.16 bits per heavy atom. The second-order valence-corrected chi connectivity index (χ2v) is 6.35. The van der Waals surface area contributed by atoms with Gasteiger partial charge >= 0.3 is 0 Å². The van der Waals surface area contributed by atoms with Crippen molar-refractivity contribution in [2.24, 2.45) is 0 Å². The molecule has 2 N–H and O–H groups in total. The van der Waals surface area contributed by atoms with Crippen LogP contribution in [0.3, 0.4) is 0 Å². The summed E-state index contributed by atoms with van der Waals surface area (Å²) in [5, 5.41) is 8.34. The van der Waals surface area contributed by atoms with Gasteiger partial charge in [-0.3, -0.25) is 0 Å². The van der Waals surface area contributed by atoms with Crippen molar-refractivity contribution < 1.29 is 0 Å². The van der Waals surface area contributed by atoms with E-state index < -0.39 is 0 Å². The third kappa shape index (κ3) is 2.54. The molecule has 0 bridgehead atoms. The van der Waals surface area contributed by atoms with Gasteiger partial charge in [0.1, 0.15) is 0 Å². The summed E-state index contributed by atoms with van der Waals surface area (Å²) in [6.07, 6.45) is 7.66. The number of benzene rings is 1. The van der Waals surface area contributed by atoms with Gasteiger partial charge in [0.25, 0.3) is 0 Å². The summed E-state index contributed by atoms with van der Waals surface area (Å²) < 4.78 is 0. The van der Waals surface area contributed by atoms with Crippen LogP contribution in [0.15, 0.2) is 24.3 Å². The van der Waals surface area contributed by atoms with Gasteiger partial charge in [0.05, 0.1) is 5.54 Å². The molecule has 2 fully saturated rings. The lowest BCUT2D eigenvalue weighted by molar-refractivity contribution is 0.176. The monoisotopic (exact) mass is 278 g/mol. The molecule has 0 heterocycles. The van der Waals surface area contributed by atoms with Gasteiger partial charge in [-0.05, 0) is 44.4 Å². The van der Waals surface area contributed by atoms with Crippen molar-refractivity contribution >= 4 is 11.6 Å². The summed E-state index contributed by atoms with van der Waals surface area (Å²) in [5.74, 6) is 0. The highest BCUT2D eigenvalue weighted by Crippen LogP contribution is 2.41. The Morgan fingerprint density at radius 2 is 1.95 bits per heavy atom. The minimum Gasteiger partial charge on any atom is -0.309 e. The highest BCUT2D eigenvalue weighted by atomic mass is 35.5. The lowest BCUT2D eigenvalue weighted by Gasteiger charge is -2.45. The highest BCUT2D eigenvalue weighted by molar-refractivity contribution is 6.31. The lowest BCUT2D eigenvalue weighted by atomic mass is 9.72. The van der Waals surface area contributed by atoms with E-state index in [-0.39, 0.29) is 5.54 Å². The average molecular weight is 279 g/mol. The Balaban J connectivity index is 1.95. The first-order valence-electron chi connectivity index (χ1n) is 7.46. The van der Waals surface area contributed by atoms with Crippen LogP contribution in [0.4, 0.5) is 0 Å². The third-order valence-corrected chi connectivity index (χ3v) is 5.05. The van der Waals surface area contributed by atoms with Gasteiger partial charge in [-0.2, -0.15) is 0 Å². The van der Waals surface area contributed by atoms with Crippen LogP contribution in [0.1, 0.15) is 44.1 Å². The van der Waals surface area contributed by atoms with Gasteiger partial charge in [0, 0.05) is 17.1 Å². The Kier molecular flexibility index (Phi) is 3.84. The molecule has 3 rings (SSSR count). The van der Waals surface area contributed by atoms with E-state index in [2.05, 4.69) is 29.8 Å². The van der Waals surface area contributed by atoms with E-state index in [0.29, 0.717) is 6.04 Å². The molecule has 0 unspecified atom stereocenters. The van der Waals surface area contributed by atoms with E-state index >= 15 is 0 Å². The molecule has 2 atom stereocenters. The fourth-order valence-electron chi connectivity index (χ4n) is 3.51. The molecule has 0 aromatic heterocycles. The first-order valence-corrected chi connectivity index (χ1v) is 7.84. The van der Waals surface area contributed by atoms with Crippen LogP contribution in [0.25, 0.3) is 0 Å². The van der Waals surface area contributed by atoms with Crippen molar-refractivity contribution in [2.75, 3.05) is 7.05 Å². The van der Waals surface area contributed by atoms with Gasteiger partial charge in [-0.15, -0.1) is 0 Å². The molecule has 0 aliphatic heterocycles. The molecule has 2 aliphatic carbocycles. The molecule has 0 radical (unpaired) electrons. The van der Waals surface area contributed by atoms with Crippen LogP contribution in [0.2, 0.25) is 5.02 Å². The first-order chi connectivity index (χ1) is 9.26. The first kappa shape index (κ1) is 13.4. The van der Waals surface area contributed by atoms with Gasteiger partial charge in [-0.1, -0.05) is 42.6 Å². The Bertz CT molecular complexity index is 444. The maximum absolute atomic E-state index is 6.48. The van der Waals surface area contributed by atoms with Gasteiger partial charge in [0.2, 0.25) is 0 Å². The SMILES string of the molecule is CN[C@@]1(c2ccccc2Cl)CCCC[C@@H]1NC1CC1. The van der Waals surface area contributed by atoms with Crippen molar-refractivity contribution in [1.82, 2.24) is 10.6 Å². The molecular formula is C16H23ClN2. The quantitative estimate of drug-likeness (QED) is 0.882. The number of likely N-dealkylation sites (N-methyl/N-ethyl adjacent to an activating group) is 1. The zero-order chi connectivity index (χ0) is 13.3. The lowest BCUT2D eigenvalue weighted by Crippen LogP contribution is -2.58. The summed E-state index contributed by atoms with van der Waals surface area (Å²) >= 11 is 6.48. The topological polar surface area (TPSA) is 24.1 Å². The van der Waals surface area contributed by atoms with E-state index in [9.17, 15) is 0 Å². The normalized spacial score (nSPS) is 31.4. The smallest absolute Gasteiger partial charge is 0.0602 e. The minimum absolute atomic E-state index is 0.000810. The fourth-order valence-corrected chi connectivity index (χ4v) is 3.82. The molecule has 0 spiro atoms. The number of rotatable bonds is 4. The number of halogens is 1. The van der Waals surface area contributed by atoms with Crippen molar-refractivity contribution in [1.29, 1.82) is 0 Å². The summed E-state index contributed by atoms with van der Waals surface area (Å²) in [7, 11) is 2.08. The predicted octanol–water partition coefficient (Wildman–Crippen LogP) is 3.45. The molecule has 1 aromatic carbocycles. The number of hydrogen-bond acceptors (Lipinski definition) is 2. The second kappa shape index (κ2) is 5.43. The standard InChI is InChI=1S/C16H23ClN2/c1-18-16(13-6-2-3-7-14(13)17)11-5-4-8-15(16)19-12-9-10-12/h2-3,6-7,12,15,18-19H,4-5,8-11H2,1H3/t15-,16+/m0/s1. The summed E-state index contributed by atoms with van der Waals surface area (Å²) in [5.41, 5.74) is 1.26. The van der Waals surface area contributed by atoms with Crippen LogP contribution in [-0.2, 0) is 5.54 Å². The summed E-state index contributed by atoms with van der Waals surface area (Å²) in [6.45, 7) is 0. The largest absolute Gasteiger partial charge is 0.309 e. The summed E-state index contributed by atoms with van der Waals surface area (Å²) in [6, 6.07) is 9.55.